The first-order valence-electron chi connectivity index (χ1n) is 24.5. The molecule has 0 aliphatic rings. The molecule has 12 aromatic carbocycles. The van der Waals surface area contributed by atoms with E-state index >= 15 is 0 Å². The summed E-state index contributed by atoms with van der Waals surface area (Å²) in [5, 5.41) is 15.8. The van der Waals surface area contributed by atoms with E-state index < -0.39 is 0 Å². The summed E-state index contributed by atoms with van der Waals surface area (Å²) in [4.78, 5) is 0. The Morgan fingerprint density at radius 3 is 0.811 bits per heavy atom. The molecule has 12 rings (SSSR count). The van der Waals surface area contributed by atoms with Crippen LogP contribution < -0.4 is 0 Å². The van der Waals surface area contributed by atoms with E-state index in [0.717, 1.165) is 0 Å². The number of hydrogen-bond donors (Lipinski definition) is 0. The van der Waals surface area contributed by atoms with Crippen molar-refractivity contribution in [3.63, 3.8) is 0 Å². The third kappa shape index (κ3) is 10.4. The molecule has 4 heteroatoms. The summed E-state index contributed by atoms with van der Waals surface area (Å²) in [7, 11) is 0. The van der Waals surface area contributed by atoms with Crippen LogP contribution in [0.2, 0.25) is 0 Å². The predicted octanol–water partition coefficient (Wildman–Crippen LogP) is 21.0. The Labute approximate surface area is 470 Å². The molecule has 0 spiro atoms. The summed E-state index contributed by atoms with van der Waals surface area (Å²) in [6.07, 6.45) is 0. The molecular weight excluding hydrogens is 1030 g/mol. The van der Waals surface area contributed by atoms with Crippen LogP contribution in [0.25, 0.3) is 109 Å². The Morgan fingerprint density at radius 2 is 0.541 bits per heavy atom. The van der Waals surface area contributed by atoms with E-state index in [1.54, 1.807) is 0 Å². The van der Waals surface area contributed by atoms with Crippen molar-refractivity contribution in [1.82, 2.24) is 0 Å². The van der Waals surface area contributed by atoms with Gasteiger partial charge in [0.1, 0.15) is 0 Å². The van der Waals surface area contributed by atoms with Gasteiger partial charge in [0.15, 0.2) is 0 Å². The normalized spacial score (nSPS) is 11.2. The maximum absolute atomic E-state index is 3.06. The van der Waals surface area contributed by atoms with Crippen LogP contribution in [0.1, 0.15) is 63.8 Å². The molecule has 0 heterocycles. The summed E-state index contributed by atoms with van der Waals surface area (Å²) in [6, 6.07) is 75.8. The second kappa shape index (κ2) is 23.4. The van der Waals surface area contributed by atoms with Crippen molar-refractivity contribution in [2.45, 2.75) is 66.2 Å². The van der Waals surface area contributed by atoms with Crippen molar-refractivity contribution in [1.29, 1.82) is 0 Å². The first kappa shape index (κ1) is 57.4. The van der Waals surface area contributed by atoms with E-state index in [1.807, 2.05) is 0 Å². The Hall–Kier alpha value is -5.86. The van der Waals surface area contributed by atoms with Crippen LogP contribution in [-0.4, -0.2) is 6.88 Å². The fraction of sp³-hybridized carbons (Fsp3) is 0.143. The van der Waals surface area contributed by atoms with Gasteiger partial charge in [0.2, 0.25) is 0 Å². The molecule has 12 aromatic rings. The second-order valence-corrected chi connectivity index (χ2v) is 20.9. The molecule has 0 atom stereocenters. The van der Waals surface area contributed by atoms with Gasteiger partial charge in [-0.15, -0.1) is 69.6 Å². The van der Waals surface area contributed by atoms with Gasteiger partial charge in [0.25, 0.3) is 0 Å². The summed E-state index contributed by atoms with van der Waals surface area (Å²) in [5.41, 5.74) is 16.3. The maximum atomic E-state index is 3.06. The van der Waals surface area contributed by atoms with Gasteiger partial charge in [0, 0.05) is 0 Å². The monoisotopic (exact) mass is 1090 g/mol. The fourth-order valence-corrected chi connectivity index (χ4v) is 11.4. The predicted molar refractivity (Wildman–Crippen MR) is 331 cm³/mol. The number of rotatable bonds is 4. The summed E-state index contributed by atoms with van der Waals surface area (Å²) in [6.45, 7) is 21.6. The molecule has 0 saturated carbocycles. The zero-order valence-corrected chi connectivity index (χ0v) is 49.5. The third-order valence-electron chi connectivity index (χ3n) is 14.6. The molecule has 0 fully saturated rings. The molecule has 0 N–H and O–H groups in total. The van der Waals surface area contributed by atoms with Crippen LogP contribution in [0.5, 0.6) is 0 Å². The fourth-order valence-electron chi connectivity index (χ4n) is 11.4. The Morgan fingerprint density at radius 1 is 0.311 bits per heavy atom. The molecule has 0 bridgehead atoms. The number of aryl methyl sites for hydroxylation is 2. The molecule has 0 aliphatic heterocycles. The van der Waals surface area contributed by atoms with Crippen molar-refractivity contribution in [3.8, 4) is 44.5 Å². The van der Waals surface area contributed by atoms with Crippen molar-refractivity contribution in [2.75, 3.05) is 0 Å². The molecule has 2 radical (unpaired) electrons. The standard InChI is InChI=1S/2C34H29.2CH3.2ClH.Si.Zr/c2*1-22-32(34(2,3)4)21-31-29(27-17-9-13-23-11-5-7-15-25(23)27)19-20-30(33(22)31)28-18-10-14-24-12-6-8-16-26(24)28;;;;;;/h2*5-21H,1-4H3;2*1H3;2*1H;;/q4*-1;;;;. The van der Waals surface area contributed by atoms with Crippen LogP contribution in [0, 0.1) is 28.7 Å². The minimum absolute atomic E-state index is 0. The van der Waals surface area contributed by atoms with Gasteiger partial charge >= 0.3 is 30.2 Å². The molecule has 0 saturated heterocycles. The zero-order valence-electron chi connectivity index (χ0n) is 44.4. The molecule has 0 nitrogen and oxygen atoms in total. The molecule has 372 valence electrons. The zero-order chi connectivity index (χ0) is 48.9. The van der Waals surface area contributed by atoms with Crippen molar-refractivity contribution in [2.24, 2.45) is 0 Å². The topological polar surface area (TPSA) is 0 Å². The van der Waals surface area contributed by atoms with Crippen LogP contribution in [-0.2, 0) is 34.2 Å². The molecular formula is C70H66Cl2SiZr-4. The van der Waals surface area contributed by atoms with Crippen LogP contribution in [0.3, 0.4) is 0 Å². The summed E-state index contributed by atoms with van der Waals surface area (Å²) < 4.78 is 0. The second-order valence-electron chi connectivity index (χ2n) is 20.9. The SMILES string of the molecule is Cc1c(C(C)(C)C)[cH-]c2c(-c3cccc4ccccc34)ccc(-c3cccc4ccccc34)c12.Cc1c(C(C)(C)C)[cH-]c2c(-c3cccc4ccccc34)ccc(-c3cccc4ccccc34)c12.Cl.Cl.[CH3-].[CH3-].[Si]=[Zr]. The van der Waals surface area contributed by atoms with Crippen molar-refractivity contribution < 1.29 is 23.3 Å². The van der Waals surface area contributed by atoms with Crippen LogP contribution in [0.15, 0.2) is 206 Å². The van der Waals surface area contributed by atoms with E-state index in [2.05, 4.69) is 269 Å². The Balaban J connectivity index is 0.000000222. The summed E-state index contributed by atoms with van der Waals surface area (Å²) >= 11 is 1.36. The quantitative estimate of drug-likeness (QED) is 0.122. The van der Waals surface area contributed by atoms with E-state index in [9.17, 15) is 0 Å². The van der Waals surface area contributed by atoms with Gasteiger partial charge < -0.3 is 14.9 Å². The van der Waals surface area contributed by atoms with Gasteiger partial charge in [0.05, 0.1) is 0 Å². The number of benzene rings is 10. The van der Waals surface area contributed by atoms with Gasteiger partial charge in [-0.3, -0.25) is 0 Å². The Kier molecular flexibility index (Phi) is 18.1. The minimum atomic E-state index is 0. The third-order valence-corrected chi connectivity index (χ3v) is 14.6. The number of fused-ring (bicyclic) bond motifs is 6. The van der Waals surface area contributed by atoms with Crippen molar-refractivity contribution in [3.05, 3.63) is 243 Å². The van der Waals surface area contributed by atoms with E-state index in [1.165, 1.54) is 155 Å². The van der Waals surface area contributed by atoms with E-state index in [-0.39, 0.29) is 50.5 Å². The first-order valence-corrected chi connectivity index (χ1v) is 28.7. The molecule has 0 unspecified atom stereocenters. The first-order chi connectivity index (χ1) is 33.9. The molecule has 74 heavy (non-hydrogen) atoms. The van der Waals surface area contributed by atoms with Gasteiger partial charge in [-0.2, -0.15) is 11.1 Å². The van der Waals surface area contributed by atoms with Gasteiger partial charge in [-0.05, 0) is 65.0 Å². The van der Waals surface area contributed by atoms with Gasteiger partial charge in [-0.25, -0.2) is 0 Å². The van der Waals surface area contributed by atoms with Crippen LogP contribution in [0.4, 0.5) is 0 Å². The van der Waals surface area contributed by atoms with E-state index in [0.29, 0.717) is 0 Å². The molecule has 0 aromatic heterocycles. The average molecular weight is 1100 g/mol. The number of halogens is 2. The molecule has 0 aliphatic carbocycles. The van der Waals surface area contributed by atoms with Gasteiger partial charge in [-0.1, -0.05) is 283 Å². The Bertz CT molecular complexity index is 3650. The van der Waals surface area contributed by atoms with E-state index in [4.69, 9.17) is 0 Å². The van der Waals surface area contributed by atoms with Crippen LogP contribution >= 0.6 is 24.8 Å². The molecule has 0 amide bonds. The van der Waals surface area contributed by atoms with Crippen molar-refractivity contribution >= 4 is 96.3 Å². The number of hydrogen-bond acceptors (Lipinski definition) is 0. The average Bonchev–Trinajstić information content (AvgIpc) is 3.94. The summed E-state index contributed by atoms with van der Waals surface area (Å²) in [5.74, 6) is 0.